The van der Waals surface area contributed by atoms with Crippen LogP contribution >= 0.6 is 0 Å². The maximum Gasteiger partial charge on any atom is 0.333 e. The van der Waals surface area contributed by atoms with E-state index in [1.807, 2.05) is 36.4 Å². The third-order valence-electron chi connectivity index (χ3n) is 5.22. The smallest absolute Gasteiger partial charge is 0.333 e. The number of nitrogens with zero attached hydrogens (tertiary/aromatic N) is 1. The average Bonchev–Trinajstić information content (AvgIpc) is 2.87. The van der Waals surface area contributed by atoms with Crippen molar-refractivity contribution in [3.8, 4) is 17.0 Å². The third-order valence-corrected chi connectivity index (χ3v) is 5.22. The van der Waals surface area contributed by atoms with Gasteiger partial charge in [-0.3, -0.25) is 9.59 Å². The number of nitrogens with one attached hydrogen (secondary N) is 1. The lowest BCUT2D eigenvalue weighted by Crippen LogP contribution is -2.34. The van der Waals surface area contributed by atoms with Gasteiger partial charge in [0.2, 0.25) is 0 Å². The lowest BCUT2D eigenvalue weighted by Gasteiger charge is -2.18. The summed E-state index contributed by atoms with van der Waals surface area (Å²) in [5, 5.41) is 3.26. The van der Waals surface area contributed by atoms with Crippen molar-refractivity contribution in [3.05, 3.63) is 96.1 Å². The minimum atomic E-state index is -1.00. The van der Waals surface area contributed by atoms with Crippen molar-refractivity contribution in [3.63, 3.8) is 0 Å². The second-order valence-electron chi connectivity index (χ2n) is 7.51. The number of carbonyl (C=O) groups excluding carboxylic acids is 3. The molecule has 1 N–H and O–H groups in total. The molecule has 34 heavy (non-hydrogen) atoms. The molecule has 0 radical (unpaired) electrons. The van der Waals surface area contributed by atoms with Crippen molar-refractivity contribution in [1.29, 1.82) is 0 Å². The molecule has 1 amide bonds. The van der Waals surface area contributed by atoms with E-state index in [1.165, 1.54) is 14.0 Å². The number of rotatable bonds is 6. The summed E-state index contributed by atoms with van der Waals surface area (Å²) in [4.78, 5) is 42.4. The van der Waals surface area contributed by atoms with Gasteiger partial charge in [0.25, 0.3) is 5.91 Å². The summed E-state index contributed by atoms with van der Waals surface area (Å²) in [6, 6.07) is 23.8. The van der Waals surface area contributed by atoms with Crippen molar-refractivity contribution >= 4 is 28.7 Å². The Bertz CT molecular complexity index is 1350. The molecule has 7 heteroatoms. The average molecular weight is 454 g/mol. The van der Waals surface area contributed by atoms with Gasteiger partial charge in [-0.15, -0.1) is 0 Å². The van der Waals surface area contributed by atoms with E-state index in [9.17, 15) is 14.4 Å². The Kier molecular flexibility index (Phi) is 6.64. The summed E-state index contributed by atoms with van der Waals surface area (Å²) < 4.78 is 10.3. The van der Waals surface area contributed by atoms with Gasteiger partial charge in [-0.25, -0.2) is 9.78 Å². The van der Waals surface area contributed by atoms with Gasteiger partial charge in [0.05, 0.1) is 18.4 Å². The zero-order valence-corrected chi connectivity index (χ0v) is 18.6. The van der Waals surface area contributed by atoms with Crippen LogP contribution in [0.1, 0.15) is 28.9 Å². The summed E-state index contributed by atoms with van der Waals surface area (Å²) in [6.45, 7) is 1.30. The van der Waals surface area contributed by atoms with E-state index in [1.54, 1.807) is 48.5 Å². The van der Waals surface area contributed by atoms with Crippen LogP contribution in [0.3, 0.4) is 0 Å². The van der Waals surface area contributed by atoms with Crippen molar-refractivity contribution in [1.82, 2.24) is 10.3 Å². The molecule has 0 aliphatic carbocycles. The number of ether oxygens (including phenoxy) is 2. The summed E-state index contributed by atoms with van der Waals surface area (Å²) in [6.07, 6.45) is 0. The number of methoxy groups -OCH3 is 1. The van der Waals surface area contributed by atoms with E-state index < -0.39 is 23.9 Å². The molecule has 3 aromatic carbocycles. The molecule has 0 spiro atoms. The van der Waals surface area contributed by atoms with Crippen LogP contribution in [0.4, 0.5) is 0 Å². The van der Waals surface area contributed by atoms with Crippen LogP contribution in [-0.4, -0.2) is 29.9 Å². The molecule has 0 bridgehead atoms. The highest BCUT2D eigenvalue weighted by Gasteiger charge is 2.26. The Hall–Kier alpha value is -4.52. The van der Waals surface area contributed by atoms with E-state index in [4.69, 9.17) is 9.47 Å². The number of amides is 1. The SMILES string of the molecule is COC(=O)C(NC(=O)c1cc(-c2ccccc2)nc2c(OC(C)=O)cccc12)c1ccccc1. The van der Waals surface area contributed by atoms with Crippen LogP contribution in [0.5, 0.6) is 5.75 Å². The Morgan fingerprint density at radius 1 is 0.882 bits per heavy atom. The highest BCUT2D eigenvalue weighted by molar-refractivity contribution is 6.09. The molecule has 0 aliphatic rings. The molecule has 4 aromatic rings. The molecule has 1 heterocycles. The van der Waals surface area contributed by atoms with Gasteiger partial charge in [0, 0.05) is 17.9 Å². The van der Waals surface area contributed by atoms with Gasteiger partial charge in [0.15, 0.2) is 11.8 Å². The zero-order chi connectivity index (χ0) is 24.1. The predicted molar refractivity (Wildman–Crippen MR) is 127 cm³/mol. The second-order valence-corrected chi connectivity index (χ2v) is 7.51. The van der Waals surface area contributed by atoms with Crippen LogP contribution in [-0.2, 0) is 14.3 Å². The molecule has 1 aromatic heterocycles. The molecule has 0 aliphatic heterocycles. The van der Waals surface area contributed by atoms with Crippen molar-refractivity contribution < 1.29 is 23.9 Å². The lowest BCUT2D eigenvalue weighted by atomic mass is 10.0. The second kappa shape index (κ2) is 9.95. The molecular weight excluding hydrogens is 432 g/mol. The molecule has 170 valence electrons. The van der Waals surface area contributed by atoms with Crippen LogP contribution in [0.15, 0.2) is 84.9 Å². The van der Waals surface area contributed by atoms with Gasteiger partial charge in [-0.2, -0.15) is 0 Å². The van der Waals surface area contributed by atoms with Gasteiger partial charge in [-0.05, 0) is 17.7 Å². The van der Waals surface area contributed by atoms with Crippen LogP contribution < -0.4 is 10.1 Å². The summed E-state index contributed by atoms with van der Waals surface area (Å²) in [5.41, 5.74) is 2.53. The quantitative estimate of drug-likeness (QED) is 0.341. The van der Waals surface area contributed by atoms with Crippen LogP contribution in [0.25, 0.3) is 22.2 Å². The fraction of sp³-hybridized carbons (Fsp3) is 0.111. The van der Waals surface area contributed by atoms with Gasteiger partial charge < -0.3 is 14.8 Å². The Labute approximate surface area is 196 Å². The van der Waals surface area contributed by atoms with Crippen molar-refractivity contribution in [2.45, 2.75) is 13.0 Å². The van der Waals surface area contributed by atoms with Gasteiger partial charge in [-0.1, -0.05) is 72.8 Å². The zero-order valence-electron chi connectivity index (χ0n) is 18.6. The minimum absolute atomic E-state index is 0.240. The van der Waals surface area contributed by atoms with E-state index in [0.717, 1.165) is 5.56 Å². The number of para-hydroxylation sites is 1. The van der Waals surface area contributed by atoms with E-state index in [0.29, 0.717) is 22.2 Å². The maximum atomic E-state index is 13.5. The first-order valence-corrected chi connectivity index (χ1v) is 10.6. The normalized spacial score (nSPS) is 11.5. The highest BCUT2D eigenvalue weighted by atomic mass is 16.5. The fourth-order valence-electron chi connectivity index (χ4n) is 3.65. The third kappa shape index (κ3) is 4.78. The molecule has 1 atom stereocenters. The highest BCUT2D eigenvalue weighted by Crippen LogP contribution is 2.31. The Morgan fingerprint density at radius 3 is 2.21 bits per heavy atom. The van der Waals surface area contributed by atoms with Gasteiger partial charge >= 0.3 is 11.9 Å². The summed E-state index contributed by atoms with van der Waals surface area (Å²) in [7, 11) is 1.27. The monoisotopic (exact) mass is 454 g/mol. The number of esters is 2. The number of hydrogen-bond donors (Lipinski definition) is 1. The fourth-order valence-corrected chi connectivity index (χ4v) is 3.65. The molecule has 1 unspecified atom stereocenters. The maximum absolute atomic E-state index is 13.5. The van der Waals surface area contributed by atoms with Crippen molar-refractivity contribution in [2.24, 2.45) is 0 Å². The number of fused-ring (bicyclic) bond motifs is 1. The first-order chi connectivity index (χ1) is 16.5. The predicted octanol–water partition coefficient (Wildman–Crippen LogP) is 4.47. The summed E-state index contributed by atoms with van der Waals surface area (Å²) >= 11 is 0. The first-order valence-electron chi connectivity index (χ1n) is 10.6. The van der Waals surface area contributed by atoms with Crippen LogP contribution in [0.2, 0.25) is 0 Å². The Balaban J connectivity index is 1.85. The summed E-state index contributed by atoms with van der Waals surface area (Å²) in [5.74, 6) is -1.35. The molecule has 7 nitrogen and oxygen atoms in total. The Morgan fingerprint density at radius 2 is 1.56 bits per heavy atom. The van der Waals surface area contributed by atoms with Crippen molar-refractivity contribution in [2.75, 3.05) is 7.11 Å². The molecular formula is C27H22N2O5. The number of aromatic nitrogens is 1. The number of pyridine rings is 1. The number of benzene rings is 3. The van der Waals surface area contributed by atoms with E-state index in [2.05, 4.69) is 10.3 Å². The van der Waals surface area contributed by atoms with Gasteiger partial charge in [0.1, 0.15) is 5.52 Å². The topological polar surface area (TPSA) is 94.6 Å². The van der Waals surface area contributed by atoms with Crippen LogP contribution in [0, 0.1) is 0 Å². The van der Waals surface area contributed by atoms with E-state index >= 15 is 0 Å². The van der Waals surface area contributed by atoms with E-state index in [-0.39, 0.29) is 11.3 Å². The minimum Gasteiger partial charge on any atom is -0.467 e. The first kappa shape index (κ1) is 22.7. The largest absolute Gasteiger partial charge is 0.467 e. The molecule has 4 rings (SSSR count). The number of hydrogen-bond acceptors (Lipinski definition) is 6. The molecule has 0 saturated heterocycles. The number of carbonyl (C=O) groups is 3. The standard InChI is InChI=1S/C27H22N2O5/c1-17(30)34-23-15-9-14-20-21(16-22(28-25(20)23)18-10-5-3-6-11-18)26(31)29-24(27(32)33-2)19-12-7-4-8-13-19/h3-16,24H,1-2H3,(H,29,31). The molecule has 0 saturated carbocycles. The lowest BCUT2D eigenvalue weighted by molar-refractivity contribution is -0.143. The molecule has 0 fully saturated rings.